The third-order valence-corrected chi connectivity index (χ3v) is 1.89. The van der Waals surface area contributed by atoms with E-state index >= 15 is 0 Å². The van der Waals surface area contributed by atoms with Crippen LogP contribution in [0.5, 0.6) is 0 Å². The number of amides is 1. The van der Waals surface area contributed by atoms with Crippen molar-refractivity contribution in [3.8, 4) is 0 Å². The molecule has 0 aliphatic carbocycles. The maximum absolute atomic E-state index is 11.1. The predicted octanol–water partition coefficient (Wildman–Crippen LogP) is -0.145. The first-order valence-corrected chi connectivity index (χ1v) is 3.69. The Labute approximate surface area is 77.7 Å². The van der Waals surface area contributed by atoms with E-state index in [1.807, 2.05) is 0 Å². The molecule has 0 fully saturated rings. The first-order valence-electron chi connectivity index (χ1n) is 3.69. The number of benzene rings is 1. The van der Waals surface area contributed by atoms with Gasteiger partial charge in [-0.25, -0.2) is 4.99 Å². The second-order valence-corrected chi connectivity index (χ2v) is 2.68. The minimum Gasteiger partial charge on any atom is -0.858 e. The molecule has 6 heteroatoms. The summed E-state index contributed by atoms with van der Waals surface area (Å²) in [6.45, 7) is 0. The molecule has 6 nitrogen and oxygen atoms in total. The van der Waals surface area contributed by atoms with Crippen LogP contribution in [-0.4, -0.2) is 16.7 Å². The first-order chi connectivity index (χ1) is 6.61. The molecule has 0 saturated heterocycles. The van der Waals surface area contributed by atoms with E-state index in [0.717, 1.165) is 0 Å². The summed E-state index contributed by atoms with van der Waals surface area (Å²) < 4.78 is 0. The Balaban J connectivity index is 2.73. The molecule has 1 aliphatic heterocycles. The van der Waals surface area contributed by atoms with E-state index in [4.69, 9.17) is 0 Å². The van der Waals surface area contributed by atoms with E-state index in [9.17, 15) is 20.0 Å². The molecule has 0 unspecified atom stereocenters. The Hall–Kier alpha value is -2.24. The average molecular weight is 191 g/mol. The van der Waals surface area contributed by atoms with Gasteiger partial charge in [0.25, 0.3) is 11.6 Å². The number of hydrogen-bond donors (Lipinski definition) is 0. The van der Waals surface area contributed by atoms with E-state index in [1.165, 1.54) is 18.2 Å². The molecule has 0 N–H and O–H groups in total. The lowest BCUT2D eigenvalue weighted by Gasteiger charge is -2.03. The van der Waals surface area contributed by atoms with E-state index in [2.05, 4.69) is 4.99 Å². The third-order valence-electron chi connectivity index (χ3n) is 1.89. The summed E-state index contributed by atoms with van der Waals surface area (Å²) in [4.78, 5) is 24.0. The molecule has 0 radical (unpaired) electrons. The van der Waals surface area contributed by atoms with E-state index < -0.39 is 16.7 Å². The maximum Gasteiger partial charge on any atom is 0.284 e. The monoisotopic (exact) mass is 191 g/mol. The van der Waals surface area contributed by atoms with Gasteiger partial charge in [0.15, 0.2) is 0 Å². The minimum atomic E-state index is -0.836. The Bertz CT molecular complexity index is 478. The molecule has 0 aromatic heterocycles. The highest BCUT2D eigenvalue weighted by Gasteiger charge is 2.27. The smallest absolute Gasteiger partial charge is 0.284 e. The van der Waals surface area contributed by atoms with Crippen molar-refractivity contribution in [1.82, 2.24) is 0 Å². The largest absolute Gasteiger partial charge is 0.858 e. The summed E-state index contributed by atoms with van der Waals surface area (Å²) in [5.74, 6) is -1.55. The van der Waals surface area contributed by atoms with Crippen LogP contribution in [0.2, 0.25) is 0 Å². The number of nitro benzene ring substituents is 1. The van der Waals surface area contributed by atoms with Gasteiger partial charge in [-0.15, -0.1) is 0 Å². The summed E-state index contributed by atoms with van der Waals surface area (Å²) >= 11 is 0. The summed E-state index contributed by atoms with van der Waals surface area (Å²) in [5, 5.41) is 21.6. The van der Waals surface area contributed by atoms with Gasteiger partial charge in [-0.2, -0.15) is 0 Å². The van der Waals surface area contributed by atoms with Gasteiger partial charge in [0, 0.05) is 11.6 Å². The zero-order valence-corrected chi connectivity index (χ0v) is 6.76. The molecule has 70 valence electrons. The Morgan fingerprint density at radius 1 is 1.36 bits per heavy atom. The number of carbonyl (C=O) groups excluding carboxylic acids is 1. The van der Waals surface area contributed by atoms with Crippen molar-refractivity contribution in [3.63, 3.8) is 0 Å². The summed E-state index contributed by atoms with van der Waals surface area (Å²) in [6.07, 6.45) is 0. The van der Waals surface area contributed by atoms with Crippen LogP contribution < -0.4 is 5.11 Å². The summed E-state index contributed by atoms with van der Waals surface area (Å²) in [5.41, 5.74) is -0.575. The van der Waals surface area contributed by atoms with Crippen molar-refractivity contribution < 1.29 is 14.8 Å². The Morgan fingerprint density at radius 2 is 2.07 bits per heavy atom. The van der Waals surface area contributed by atoms with Gasteiger partial charge in [0.1, 0.15) is 5.56 Å². The van der Waals surface area contributed by atoms with Crippen molar-refractivity contribution in [3.05, 3.63) is 39.4 Å². The number of fused-ring (bicyclic) bond motifs is 1. The van der Waals surface area contributed by atoms with Crippen molar-refractivity contribution in [2.24, 2.45) is 4.99 Å². The second kappa shape index (κ2) is 2.63. The maximum atomic E-state index is 11.1. The quantitative estimate of drug-likeness (QED) is 0.455. The molecule has 0 bridgehead atoms. The van der Waals surface area contributed by atoms with Gasteiger partial charge in [0.2, 0.25) is 0 Å². The van der Waals surface area contributed by atoms with Crippen LogP contribution in [0.3, 0.4) is 0 Å². The van der Waals surface area contributed by atoms with E-state index in [0.29, 0.717) is 0 Å². The van der Waals surface area contributed by atoms with Crippen LogP contribution in [0, 0.1) is 10.1 Å². The number of nitrogens with zero attached hydrogens (tertiary/aromatic N) is 2. The SMILES string of the molecule is O=C1N=C([O-])c2cccc([N+](=O)[O-])c21. The highest BCUT2D eigenvalue weighted by Crippen LogP contribution is 2.26. The number of hydrogen-bond acceptors (Lipinski definition) is 4. The van der Waals surface area contributed by atoms with Crippen LogP contribution in [0.25, 0.3) is 0 Å². The molecular weight excluding hydrogens is 188 g/mol. The molecule has 1 aliphatic rings. The molecule has 14 heavy (non-hydrogen) atoms. The standard InChI is InChI=1S/C8H4N2O4/c11-7-4-2-1-3-5(10(13)14)6(4)8(12)9-7/h1-3H,(H,9,11,12)/p-1. The van der Waals surface area contributed by atoms with Crippen molar-refractivity contribution in [2.75, 3.05) is 0 Å². The number of rotatable bonds is 1. The molecule has 0 atom stereocenters. The van der Waals surface area contributed by atoms with Crippen LogP contribution in [-0.2, 0) is 0 Å². The van der Waals surface area contributed by atoms with Crippen LogP contribution in [0.15, 0.2) is 23.2 Å². The van der Waals surface area contributed by atoms with Gasteiger partial charge in [-0.05, 0) is 5.90 Å². The molecule has 0 spiro atoms. The van der Waals surface area contributed by atoms with Gasteiger partial charge >= 0.3 is 0 Å². The molecule has 1 amide bonds. The van der Waals surface area contributed by atoms with Crippen molar-refractivity contribution in [1.29, 1.82) is 0 Å². The Kier molecular flexibility index (Phi) is 1.57. The normalized spacial score (nSPS) is 13.7. The van der Waals surface area contributed by atoms with E-state index in [-0.39, 0.29) is 16.8 Å². The molecular formula is C8H3N2O4-. The number of carbonyl (C=O) groups is 1. The fraction of sp³-hybridized carbons (Fsp3) is 0. The molecule has 1 aromatic carbocycles. The number of aliphatic imine (C=N–C) groups is 1. The summed E-state index contributed by atoms with van der Waals surface area (Å²) in [6, 6.07) is 3.87. The highest BCUT2D eigenvalue weighted by atomic mass is 16.6. The summed E-state index contributed by atoms with van der Waals surface area (Å²) in [7, 11) is 0. The molecule has 1 aromatic rings. The molecule has 2 rings (SSSR count). The highest BCUT2D eigenvalue weighted by molar-refractivity contribution is 6.19. The second-order valence-electron chi connectivity index (χ2n) is 2.68. The van der Waals surface area contributed by atoms with Gasteiger partial charge in [0.05, 0.1) is 4.92 Å². The zero-order chi connectivity index (χ0) is 10.3. The van der Waals surface area contributed by atoms with E-state index in [1.54, 1.807) is 0 Å². The molecule has 0 saturated carbocycles. The third kappa shape index (κ3) is 0.972. The Morgan fingerprint density at radius 3 is 2.71 bits per heavy atom. The molecule has 1 heterocycles. The van der Waals surface area contributed by atoms with Crippen LogP contribution in [0.1, 0.15) is 15.9 Å². The minimum absolute atomic E-state index is 0.00389. The lowest BCUT2D eigenvalue weighted by molar-refractivity contribution is -0.385. The fourth-order valence-corrected chi connectivity index (χ4v) is 1.30. The topological polar surface area (TPSA) is 95.6 Å². The number of nitro groups is 1. The van der Waals surface area contributed by atoms with Crippen LogP contribution >= 0.6 is 0 Å². The average Bonchev–Trinajstić information content (AvgIpc) is 2.43. The van der Waals surface area contributed by atoms with Gasteiger partial charge in [-0.1, -0.05) is 12.1 Å². The first kappa shape index (κ1) is 8.36. The predicted molar refractivity (Wildman–Crippen MR) is 44.0 cm³/mol. The lowest BCUT2D eigenvalue weighted by Crippen LogP contribution is -2.16. The van der Waals surface area contributed by atoms with Gasteiger partial charge < -0.3 is 5.11 Å². The van der Waals surface area contributed by atoms with Crippen molar-refractivity contribution >= 4 is 17.5 Å². The van der Waals surface area contributed by atoms with Crippen LogP contribution in [0.4, 0.5) is 5.69 Å². The van der Waals surface area contributed by atoms with Gasteiger partial charge in [-0.3, -0.25) is 14.9 Å². The fourth-order valence-electron chi connectivity index (χ4n) is 1.30. The lowest BCUT2D eigenvalue weighted by atomic mass is 10.1. The van der Waals surface area contributed by atoms with Crippen molar-refractivity contribution in [2.45, 2.75) is 0 Å². The zero-order valence-electron chi connectivity index (χ0n) is 6.76.